The number of carbonyl (C=O) groups excluding carboxylic acids is 2. The van der Waals surface area contributed by atoms with Crippen molar-refractivity contribution in [1.82, 2.24) is 20.0 Å². The number of benzene rings is 1. The average molecular weight is 413 g/mol. The summed E-state index contributed by atoms with van der Waals surface area (Å²) < 4.78 is 13.9. The van der Waals surface area contributed by atoms with Gasteiger partial charge in [-0.1, -0.05) is 24.6 Å². The lowest BCUT2D eigenvalue weighted by Crippen LogP contribution is -2.52. The SMILES string of the molecule is CCC(C)NC(=O)CN1CCN(CC(=O)N(C)Cc2c(F)cccc2Cl)CC1. The van der Waals surface area contributed by atoms with Gasteiger partial charge >= 0.3 is 0 Å². The lowest BCUT2D eigenvalue weighted by molar-refractivity contribution is -0.132. The molecule has 1 atom stereocenters. The number of rotatable bonds is 8. The lowest BCUT2D eigenvalue weighted by atomic mass is 10.2. The molecule has 0 saturated carbocycles. The second-order valence-corrected chi connectivity index (χ2v) is 7.79. The summed E-state index contributed by atoms with van der Waals surface area (Å²) in [4.78, 5) is 30.1. The Morgan fingerprint density at radius 1 is 1.21 bits per heavy atom. The van der Waals surface area contributed by atoms with Crippen LogP contribution in [0.5, 0.6) is 0 Å². The number of halogens is 2. The van der Waals surface area contributed by atoms with Crippen LogP contribution in [0.4, 0.5) is 4.39 Å². The number of hydrogen-bond acceptors (Lipinski definition) is 4. The molecule has 1 aliphatic rings. The van der Waals surface area contributed by atoms with Gasteiger partial charge < -0.3 is 10.2 Å². The smallest absolute Gasteiger partial charge is 0.236 e. The fraction of sp³-hybridized carbons (Fsp3) is 0.600. The Kier molecular flexibility index (Phi) is 8.66. The van der Waals surface area contributed by atoms with Crippen LogP contribution in [0, 0.1) is 5.82 Å². The maximum atomic E-state index is 13.9. The summed E-state index contributed by atoms with van der Waals surface area (Å²) in [5, 5.41) is 3.29. The molecule has 0 aliphatic carbocycles. The van der Waals surface area contributed by atoms with Crippen molar-refractivity contribution >= 4 is 23.4 Å². The van der Waals surface area contributed by atoms with Crippen LogP contribution in [0.25, 0.3) is 0 Å². The van der Waals surface area contributed by atoms with Crippen molar-refractivity contribution in [2.45, 2.75) is 32.9 Å². The molecule has 156 valence electrons. The zero-order chi connectivity index (χ0) is 20.7. The zero-order valence-electron chi connectivity index (χ0n) is 16.9. The number of hydrogen-bond donors (Lipinski definition) is 1. The van der Waals surface area contributed by atoms with Crippen LogP contribution in [0.15, 0.2) is 18.2 Å². The first-order valence-electron chi connectivity index (χ1n) is 9.71. The van der Waals surface area contributed by atoms with Crippen LogP contribution in [0.1, 0.15) is 25.8 Å². The summed E-state index contributed by atoms with van der Waals surface area (Å²) in [6, 6.07) is 4.70. The van der Waals surface area contributed by atoms with Crippen molar-refractivity contribution in [3.05, 3.63) is 34.6 Å². The normalized spacial score (nSPS) is 16.6. The summed E-state index contributed by atoms with van der Waals surface area (Å²) in [5.41, 5.74) is 0.331. The zero-order valence-corrected chi connectivity index (χ0v) is 17.6. The Balaban J connectivity index is 1.76. The molecule has 0 radical (unpaired) electrons. The van der Waals surface area contributed by atoms with Crippen molar-refractivity contribution in [2.24, 2.45) is 0 Å². The molecule has 0 bridgehead atoms. The number of carbonyl (C=O) groups is 2. The number of likely N-dealkylation sites (N-methyl/N-ethyl adjacent to an activating group) is 1. The highest BCUT2D eigenvalue weighted by atomic mass is 35.5. The van der Waals surface area contributed by atoms with E-state index in [-0.39, 0.29) is 30.9 Å². The molecule has 2 amide bonds. The number of amides is 2. The van der Waals surface area contributed by atoms with Gasteiger partial charge in [0.25, 0.3) is 0 Å². The van der Waals surface area contributed by atoms with Gasteiger partial charge in [0.15, 0.2) is 0 Å². The van der Waals surface area contributed by atoms with Gasteiger partial charge in [0.05, 0.1) is 13.1 Å². The molecule has 1 unspecified atom stereocenters. The molecular formula is C20H30ClFN4O2. The molecule has 0 aromatic heterocycles. The highest BCUT2D eigenvalue weighted by molar-refractivity contribution is 6.31. The van der Waals surface area contributed by atoms with E-state index in [9.17, 15) is 14.0 Å². The molecule has 28 heavy (non-hydrogen) atoms. The molecule has 1 fully saturated rings. The molecule has 1 aliphatic heterocycles. The van der Waals surface area contributed by atoms with Crippen LogP contribution < -0.4 is 5.32 Å². The van der Waals surface area contributed by atoms with Crippen molar-refractivity contribution < 1.29 is 14.0 Å². The van der Waals surface area contributed by atoms with E-state index >= 15 is 0 Å². The van der Waals surface area contributed by atoms with Gasteiger partial charge in [-0.05, 0) is 25.5 Å². The van der Waals surface area contributed by atoms with Gasteiger partial charge in [0.1, 0.15) is 5.82 Å². The van der Waals surface area contributed by atoms with E-state index in [0.29, 0.717) is 17.1 Å². The quantitative estimate of drug-likeness (QED) is 0.709. The van der Waals surface area contributed by atoms with E-state index in [4.69, 9.17) is 11.6 Å². The average Bonchev–Trinajstić information content (AvgIpc) is 2.66. The van der Waals surface area contributed by atoms with Crippen LogP contribution in [-0.4, -0.2) is 78.9 Å². The van der Waals surface area contributed by atoms with Gasteiger partial charge in [-0.2, -0.15) is 0 Å². The van der Waals surface area contributed by atoms with E-state index in [2.05, 4.69) is 15.1 Å². The largest absolute Gasteiger partial charge is 0.353 e. The number of piperazine rings is 1. The Labute approximate surface area is 171 Å². The van der Waals surface area contributed by atoms with Crippen molar-refractivity contribution in [2.75, 3.05) is 46.3 Å². The third-order valence-electron chi connectivity index (χ3n) is 5.09. The standard InChI is InChI=1S/C20H30ClFN4O2/c1-4-15(2)23-19(27)13-25-8-10-26(11-9-25)14-20(28)24(3)12-16-17(21)6-5-7-18(16)22/h5-7,15H,4,8-14H2,1-3H3,(H,23,27). The van der Waals surface area contributed by atoms with Crippen molar-refractivity contribution in [1.29, 1.82) is 0 Å². The predicted molar refractivity (Wildman–Crippen MR) is 109 cm³/mol. The highest BCUT2D eigenvalue weighted by Gasteiger charge is 2.22. The first-order chi connectivity index (χ1) is 13.3. The first kappa shape index (κ1) is 22.6. The Morgan fingerprint density at radius 3 is 2.39 bits per heavy atom. The second-order valence-electron chi connectivity index (χ2n) is 7.38. The fourth-order valence-electron chi connectivity index (χ4n) is 3.05. The van der Waals surface area contributed by atoms with Crippen LogP contribution in [-0.2, 0) is 16.1 Å². The third kappa shape index (κ3) is 6.72. The molecule has 1 heterocycles. The third-order valence-corrected chi connectivity index (χ3v) is 5.45. The summed E-state index contributed by atoms with van der Waals surface area (Å²) in [7, 11) is 1.65. The molecule has 8 heteroatoms. The minimum absolute atomic E-state index is 0.0420. The molecule has 0 spiro atoms. The summed E-state index contributed by atoms with van der Waals surface area (Å²) in [5.74, 6) is -0.445. The van der Waals surface area contributed by atoms with Gasteiger partial charge in [0.2, 0.25) is 11.8 Å². The minimum Gasteiger partial charge on any atom is -0.353 e. The Bertz CT molecular complexity index is 660. The fourth-order valence-corrected chi connectivity index (χ4v) is 3.27. The van der Waals surface area contributed by atoms with Crippen LogP contribution in [0.2, 0.25) is 5.02 Å². The topological polar surface area (TPSA) is 55.9 Å². The van der Waals surface area contributed by atoms with E-state index in [1.807, 2.05) is 13.8 Å². The van der Waals surface area contributed by atoms with Crippen LogP contribution in [0.3, 0.4) is 0 Å². The van der Waals surface area contributed by atoms with Crippen LogP contribution >= 0.6 is 11.6 Å². The Morgan fingerprint density at radius 2 is 1.82 bits per heavy atom. The maximum absolute atomic E-state index is 13.9. The molecule has 1 N–H and O–H groups in total. The Hall–Kier alpha value is -1.70. The van der Waals surface area contributed by atoms with Gasteiger partial charge in [-0.25, -0.2) is 4.39 Å². The van der Waals surface area contributed by atoms with Crippen molar-refractivity contribution in [3.63, 3.8) is 0 Å². The van der Waals surface area contributed by atoms with E-state index < -0.39 is 5.82 Å². The summed E-state index contributed by atoms with van der Waals surface area (Å²) in [6.45, 7) is 7.75. The monoisotopic (exact) mass is 412 g/mol. The second kappa shape index (κ2) is 10.7. The molecular weight excluding hydrogens is 383 g/mol. The molecule has 1 saturated heterocycles. The minimum atomic E-state index is -0.406. The van der Waals surface area contributed by atoms with Gasteiger partial charge in [-0.15, -0.1) is 0 Å². The maximum Gasteiger partial charge on any atom is 0.236 e. The molecule has 1 aromatic carbocycles. The summed E-state index contributed by atoms with van der Waals surface area (Å²) in [6.07, 6.45) is 0.910. The van der Waals surface area contributed by atoms with Gasteiger partial charge in [-0.3, -0.25) is 19.4 Å². The van der Waals surface area contributed by atoms with Gasteiger partial charge in [0, 0.05) is 56.4 Å². The molecule has 1 aromatic rings. The van der Waals surface area contributed by atoms with E-state index in [1.165, 1.54) is 11.0 Å². The molecule has 6 nitrogen and oxygen atoms in total. The molecule has 2 rings (SSSR count). The van der Waals surface area contributed by atoms with Crippen molar-refractivity contribution in [3.8, 4) is 0 Å². The van der Waals surface area contributed by atoms with E-state index in [1.54, 1.807) is 19.2 Å². The summed E-state index contributed by atoms with van der Waals surface area (Å²) >= 11 is 6.04. The predicted octanol–water partition coefficient (Wildman–Crippen LogP) is 1.97. The van der Waals surface area contributed by atoms with E-state index in [0.717, 1.165) is 32.6 Å². The number of nitrogens with zero attached hydrogens (tertiary/aromatic N) is 3. The lowest BCUT2D eigenvalue weighted by Gasteiger charge is -2.34. The number of nitrogens with one attached hydrogen (secondary N) is 1. The first-order valence-corrected chi connectivity index (χ1v) is 10.1. The highest BCUT2D eigenvalue weighted by Crippen LogP contribution is 2.20.